The van der Waals surface area contributed by atoms with E-state index in [0.717, 1.165) is 43.1 Å². The summed E-state index contributed by atoms with van der Waals surface area (Å²) in [5.74, 6) is 0.815. The van der Waals surface area contributed by atoms with Gasteiger partial charge in [-0.3, -0.25) is 4.79 Å². The number of likely N-dealkylation sites (tertiary alicyclic amines) is 1. The molecule has 126 valence electrons. The van der Waals surface area contributed by atoms with Crippen LogP contribution in [0.2, 0.25) is 5.02 Å². The van der Waals surface area contributed by atoms with Gasteiger partial charge in [-0.2, -0.15) is 0 Å². The van der Waals surface area contributed by atoms with Gasteiger partial charge in [-0.1, -0.05) is 37.6 Å². The van der Waals surface area contributed by atoms with Crippen molar-refractivity contribution < 1.29 is 9.53 Å². The number of amides is 1. The zero-order chi connectivity index (χ0) is 16.7. The van der Waals surface area contributed by atoms with Gasteiger partial charge in [-0.25, -0.2) is 0 Å². The van der Waals surface area contributed by atoms with Crippen molar-refractivity contribution in [2.75, 3.05) is 26.8 Å². The van der Waals surface area contributed by atoms with Crippen molar-refractivity contribution in [2.24, 2.45) is 16.7 Å². The van der Waals surface area contributed by atoms with Crippen molar-refractivity contribution >= 4 is 17.5 Å². The van der Waals surface area contributed by atoms with Crippen LogP contribution in [-0.4, -0.2) is 37.6 Å². The van der Waals surface area contributed by atoms with Gasteiger partial charge in [0.25, 0.3) is 0 Å². The van der Waals surface area contributed by atoms with Crippen molar-refractivity contribution in [3.63, 3.8) is 0 Å². The van der Waals surface area contributed by atoms with Crippen LogP contribution in [0, 0.1) is 16.7 Å². The Labute approximate surface area is 144 Å². The third-order valence-corrected chi connectivity index (χ3v) is 5.94. The maximum Gasteiger partial charge on any atom is 0.222 e. The van der Waals surface area contributed by atoms with Crippen LogP contribution >= 0.6 is 11.6 Å². The summed E-state index contributed by atoms with van der Waals surface area (Å²) in [6.07, 6.45) is 2.45. The second kappa shape index (κ2) is 6.10. The van der Waals surface area contributed by atoms with Crippen molar-refractivity contribution in [3.8, 4) is 0 Å². The molecule has 1 aromatic carbocycles. The largest absolute Gasteiger partial charge is 0.384 e. The van der Waals surface area contributed by atoms with E-state index in [1.54, 1.807) is 7.11 Å². The average molecular weight is 336 g/mol. The molecule has 1 aliphatic carbocycles. The molecular weight excluding hydrogens is 310 g/mol. The van der Waals surface area contributed by atoms with Crippen LogP contribution in [0.1, 0.15) is 32.3 Å². The van der Waals surface area contributed by atoms with Crippen molar-refractivity contribution in [1.82, 2.24) is 4.90 Å². The zero-order valence-corrected chi connectivity index (χ0v) is 15.0. The van der Waals surface area contributed by atoms with Gasteiger partial charge in [-0.05, 0) is 41.9 Å². The van der Waals surface area contributed by atoms with Gasteiger partial charge in [-0.15, -0.1) is 0 Å². The third kappa shape index (κ3) is 3.14. The average Bonchev–Trinajstić information content (AvgIpc) is 2.80. The fraction of sp³-hybridized carbons (Fsp3) is 0.632. The maximum absolute atomic E-state index is 12.6. The first-order chi connectivity index (χ1) is 10.9. The molecule has 23 heavy (non-hydrogen) atoms. The molecule has 1 amide bonds. The van der Waals surface area contributed by atoms with Crippen LogP contribution in [0.3, 0.4) is 0 Å². The molecule has 0 aromatic heterocycles. The fourth-order valence-electron chi connectivity index (χ4n) is 4.90. The van der Waals surface area contributed by atoms with Gasteiger partial charge >= 0.3 is 0 Å². The summed E-state index contributed by atoms with van der Waals surface area (Å²) in [6, 6.07) is 7.77. The molecule has 0 N–H and O–H groups in total. The predicted octanol–water partition coefficient (Wildman–Crippen LogP) is 3.79. The quantitative estimate of drug-likeness (QED) is 0.819. The Morgan fingerprint density at radius 2 is 2.22 bits per heavy atom. The number of hydrogen-bond donors (Lipinski definition) is 0. The normalized spacial score (nSPS) is 28.3. The molecule has 1 heterocycles. The predicted molar refractivity (Wildman–Crippen MR) is 92.6 cm³/mol. The molecule has 3 rings (SSSR count). The Morgan fingerprint density at radius 3 is 2.87 bits per heavy atom. The number of fused-ring (bicyclic) bond motifs is 1. The fourth-order valence-corrected chi connectivity index (χ4v) is 5.11. The first-order valence-corrected chi connectivity index (χ1v) is 8.75. The summed E-state index contributed by atoms with van der Waals surface area (Å²) in [7, 11) is 1.76. The summed E-state index contributed by atoms with van der Waals surface area (Å²) in [4.78, 5) is 14.7. The number of aryl methyl sites for hydroxylation is 1. The molecule has 1 aliphatic heterocycles. The lowest BCUT2D eigenvalue weighted by Crippen LogP contribution is -2.55. The number of ether oxygens (including phenoxy) is 1. The molecule has 0 unspecified atom stereocenters. The van der Waals surface area contributed by atoms with Gasteiger partial charge in [0.1, 0.15) is 0 Å². The van der Waals surface area contributed by atoms with E-state index in [-0.39, 0.29) is 11.3 Å². The Balaban J connectivity index is 1.61. The Kier molecular flexibility index (Phi) is 4.45. The van der Waals surface area contributed by atoms with Crippen molar-refractivity contribution in [1.29, 1.82) is 0 Å². The molecule has 1 saturated carbocycles. The summed E-state index contributed by atoms with van der Waals surface area (Å²) < 4.78 is 5.46. The molecule has 0 spiro atoms. The highest BCUT2D eigenvalue weighted by atomic mass is 35.5. The van der Waals surface area contributed by atoms with Gasteiger partial charge in [0.05, 0.1) is 6.61 Å². The van der Waals surface area contributed by atoms with Crippen LogP contribution in [0.25, 0.3) is 0 Å². The number of rotatable bonds is 5. The standard InChI is InChI=1S/C19H26ClNO2/c1-18(2)11-19(13-23-3)12-21(10-16(18)19)17(22)8-7-14-5-4-6-15(20)9-14/h4-6,9,16H,7-8,10-13H2,1-3H3/t16-,19-/m1/s1. The third-order valence-electron chi connectivity index (χ3n) is 5.70. The van der Waals surface area contributed by atoms with Crippen LogP contribution in [-0.2, 0) is 16.0 Å². The van der Waals surface area contributed by atoms with Crippen molar-refractivity contribution in [3.05, 3.63) is 34.9 Å². The van der Waals surface area contributed by atoms with E-state index >= 15 is 0 Å². The van der Waals surface area contributed by atoms with E-state index in [4.69, 9.17) is 16.3 Å². The lowest BCUT2D eigenvalue weighted by Gasteiger charge is -2.56. The van der Waals surface area contributed by atoms with Gasteiger partial charge < -0.3 is 9.64 Å². The van der Waals surface area contributed by atoms with Crippen molar-refractivity contribution in [2.45, 2.75) is 33.1 Å². The first-order valence-electron chi connectivity index (χ1n) is 8.37. The molecule has 3 nitrogen and oxygen atoms in total. The Morgan fingerprint density at radius 1 is 1.43 bits per heavy atom. The summed E-state index contributed by atoms with van der Waals surface area (Å²) in [5.41, 5.74) is 1.63. The lowest BCUT2D eigenvalue weighted by molar-refractivity contribution is -0.130. The lowest BCUT2D eigenvalue weighted by atomic mass is 9.48. The monoisotopic (exact) mass is 335 g/mol. The molecule has 0 bridgehead atoms. The van der Waals surface area contributed by atoms with Gasteiger partial charge in [0.2, 0.25) is 5.91 Å². The minimum Gasteiger partial charge on any atom is -0.384 e. The highest BCUT2D eigenvalue weighted by Crippen LogP contribution is 2.62. The Hall–Kier alpha value is -1.06. The number of hydrogen-bond acceptors (Lipinski definition) is 2. The minimum atomic E-state index is 0.184. The molecule has 2 fully saturated rings. The van der Waals surface area contributed by atoms with Crippen LogP contribution in [0.15, 0.2) is 24.3 Å². The van der Waals surface area contributed by atoms with Crippen LogP contribution < -0.4 is 0 Å². The van der Waals surface area contributed by atoms with Gasteiger partial charge in [0.15, 0.2) is 0 Å². The highest BCUT2D eigenvalue weighted by molar-refractivity contribution is 6.30. The second-order valence-corrected chi connectivity index (χ2v) is 8.35. The topological polar surface area (TPSA) is 29.5 Å². The van der Waals surface area contributed by atoms with E-state index in [2.05, 4.69) is 18.7 Å². The minimum absolute atomic E-state index is 0.184. The van der Waals surface area contributed by atoms with Gasteiger partial charge in [0, 0.05) is 37.1 Å². The number of carbonyl (C=O) groups is 1. The first kappa shape index (κ1) is 16.8. The summed E-state index contributed by atoms with van der Waals surface area (Å²) in [5, 5.41) is 0.731. The Bertz CT molecular complexity index is 601. The molecular formula is C19H26ClNO2. The highest BCUT2D eigenvalue weighted by Gasteiger charge is 2.63. The molecule has 1 aromatic rings. The number of methoxy groups -OCH3 is 1. The smallest absolute Gasteiger partial charge is 0.222 e. The van der Waals surface area contributed by atoms with E-state index in [1.807, 2.05) is 24.3 Å². The van der Waals surface area contributed by atoms with E-state index < -0.39 is 0 Å². The molecule has 2 aliphatic rings. The number of halogens is 1. The van der Waals surface area contributed by atoms with E-state index in [1.165, 1.54) is 0 Å². The van der Waals surface area contributed by atoms with Crippen LogP contribution in [0.5, 0.6) is 0 Å². The number of benzene rings is 1. The maximum atomic E-state index is 12.6. The van der Waals surface area contributed by atoms with E-state index in [9.17, 15) is 4.79 Å². The molecule has 2 atom stereocenters. The second-order valence-electron chi connectivity index (χ2n) is 7.92. The summed E-state index contributed by atoms with van der Waals surface area (Å²) in [6.45, 7) is 7.12. The summed E-state index contributed by atoms with van der Waals surface area (Å²) >= 11 is 6.01. The van der Waals surface area contributed by atoms with Crippen LogP contribution in [0.4, 0.5) is 0 Å². The molecule has 4 heteroatoms. The molecule has 0 radical (unpaired) electrons. The zero-order valence-electron chi connectivity index (χ0n) is 14.3. The number of nitrogens with zero attached hydrogens (tertiary/aromatic N) is 1. The SMILES string of the molecule is COC[C@@]12CN(C(=O)CCc3cccc(Cl)c3)C[C@@H]1C(C)(C)C2. The van der Waals surface area contributed by atoms with E-state index in [0.29, 0.717) is 17.8 Å². The molecule has 1 saturated heterocycles. The number of carbonyl (C=O) groups excluding carboxylic acids is 1.